The van der Waals surface area contributed by atoms with Crippen LogP contribution in [0.5, 0.6) is 0 Å². The minimum Gasteiger partial charge on any atom is -0.393 e. The second-order valence-electron chi connectivity index (χ2n) is 5.26. The maximum atomic E-state index is 13.6. The predicted molar refractivity (Wildman–Crippen MR) is 72.9 cm³/mol. The molecule has 1 aromatic rings. The number of fused-ring (bicyclic) bond motifs is 1. The molecule has 3 rings (SSSR count). The van der Waals surface area contributed by atoms with E-state index in [1.54, 1.807) is 6.92 Å². The molecular weight excluding hydrogens is 301 g/mol. The summed E-state index contributed by atoms with van der Waals surface area (Å²) in [6.45, 7) is 1.36. The Labute approximate surface area is 124 Å². The molecule has 2 fully saturated rings. The topological polar surface area (TPSA) is 90.4 Å². The monoisotopic (exact) mass is 313 g/mol. The molecule has 3 N–H and O–H groups in total. The maximum absolute atomic E-state index is 13.6. The Hall–Kier alpha value is -1.62. The number of rotatable bonds is 2. The highest BCUT2D eigenvalue weighted by Crippen LogP contribution is 2.66. The van der Waals surface area contributed by atoms with Crippen molar-refractivity contribution in [3.63, 3.8) is 0 Å². The number of aliphatic hydroxyl groups is 1. The van der Waals surface area contributed by atoms with E-state index in [-0.39, 0.29) is 12.5 Å². The third-order valence-electron chi connectivity index (χ3n) is 4.01. The van der Waals surface area contributed by atoms with Gasteiger partial charge in [0.15, 0.2) is 22.7 Å². The van der Waals surface area contributed by atoms with Gasteiger partial charge in [0.05, 0.1) is 12.8 Å². The molecule has 1 saturated carbocycles. The van der Waals surface area contributed by atoms with Crippen LogP contribution in [-0.2, 0) is 4.74 Å². The minimum absolute atomic E-state index is 0.235. The first kappa shape index (κ1) is 14.3. The number of halogens is 2. The van der Waals surface area contributed by atoms with E-state index in [1.165, 1.54) is 0 Å². The maximum Gasteiger partial charge on any atom is 0.351 e. The molecule has 0 aromatic carbocycles. The Morgan fingerprint density at radius 3 is 3.10 bits per heavy atom. The Kier molecular flexibility index (Phi) is 3.03. The number of ether oxygens (including phenoxy) is 1. The van der Waals surface area contributed by atoms with Crippen molar-refractivity contribution in [3.8, 4) is 11.8 Å². The SMILES string of the molecule is CC#CC1(Cl)C2CC2(CO)O[C@H]1n1cc(F)c(N)nc1=O. The summed E-state index contributed by atoms with van der Waals surface area (Å²) < 4.78 is 20.3. The number of nitrogens with zero attached hydrogens (tertiary/aromatic N) is 2. The molecule has 0 radical (unpaired) electrons. The van der Waals surface area contributed by atoms with Crippen molar-refractivity contribution in [3.05, 3.63) is 22.5 Å². The molecule has 3 unspecified atom stereocenters. The van der Waals surface area contributed by atoms with Gasteiger partial charge in [-0.3, -0.25) is 4.57 Å². The fraction of sp³-hybridized carbons (Fsp3) is 0.538. The standard InChI is InChI=1S/C13H13ClFN3O3/c1-2-3-13(14)8-4-12(8,6-19)21-10(13)18-5-7(15)9(16)17-11(18)20/h5,8,10,19H,4,6H2,1H3,(H2,16,17,20)/t8?,10-,12?,13?/m1/s1. The molecule has 21 heavy (non-hydrogen) atoms. The van der Waals surface area contributed by atoms with E-state index in [0.717, 1.165) is 10.8 Å². The van der Waals surface area contributed by atoms with E-state index in [9.17, 15) is 14.3 Å². The number of hydrogen-bond acceptors (Lipinski definition) is 5. The number of nitrogen functional groups attached to an aromatic ring is 1. The lowest BCUT2D eigenvalue weighted by molar-refractivity contribution is -0.0661. The molecule has 0 spiro atoms. The second-order valence-corrected chi connectivity index (χ2v) is 5.88. The number of aliphatic hydroxyl groups excluding tert-OH is 1. The van der Waals surface area contributed by atoms with Gasteiger partial charge >= 0.3 is 5.69 Å². The molecule has 8 heteroatoms. The van der Waals surface area contributed by atoms with Crippen LogP contribution in [0.1, 0.15) is 19.6 Å². The largest absolute Gasteiger partial charge is 0.393 e. The van der Waals surface area contributed by atoms with Gasteiger partial charge in [-0.2, -0.15) is 4.98 Å². The number of alkyl halides is 1. The van der Waals surface area contributed by atoms with Crippen molar-refractivity contribution in [1.82, 2.24) is 9.55 Å². The van der Waals surface area contributed by atoms with Gasteiger partial charge in [-0.05, 0) is 13.3 Å². The molecule has 2 aliphatic rings. The molecule has 6 nitrogen and oxygen atoms in total. The molecule has 1 aromatic heterocycles. The van der Waals surface area contributed by atoms with Gasteiger partial charge in [-0.25, -0.2) is 9.18 Å². The van der Waals surface area contributed by atoms with Gasteiger partial charge in [0.2, 0.25) is 0 Å². The third-order valence-corrected chi connectivity index (χ3v) is 4.55. The van der Waals surface area contributed by atoms with E-state index in [0.29, 0.717) is 6.42 Å². The summed E-state index contributed by atoms with van der Waals surface area (Å²) in [6, 6.07) is 0. The lowest BCUT2D eigenvalue weighted by atomic mass is 10.0. The minimum atomic E-state index is -1.22. The molecule has 112 valence electrons. The van der Waals surface area contributed by atoms with Crippen molar-refractivity contribution in [2.24, 2.45) is 5.92 Å². The zero-order valence-corrected chi connectivity index (χ0v) is 11.9. The van der Waals surface area contributed by atoms with E-state index >= 15 is 0 Å². The summed E-state index contributed by atoms with van der Waals surface area (Å²) in [4.78, 5) is 14.1. The highest BCUT2D eigenvalue weighted by Gasteiger charge is 2.74. The van der Waals surface area contributed by atoms with Gasteiger partial charge in [-0.15, -0.1) is 5.92 Å². The van der Waals surface area contributed by atoms with Crippen molar-refractivity contribution in [2.45, 2.75) is 30.0 Å². The Bertz CT molecular complexity index is 728. The third kappa shape index (κ3) is 1.87. The van der Waals surface area contributed by atoms with Crippen molar-refractivity contribution in [1.29, 1.82) is 0 Å². The quantitative estimate of drug-likeness (QED) is 0.603. The van der Waals surface area contributed by atoms with Crippen LogP contribution in [0.2, 0.25) is 0 Å². The van der Waals surface area contributed by atoms with Crippen LogP contribution in [0.4, 0.5) is 10.2 Å². The van der Waals surface area contributed by atoms with Crippen molar-refractivity contribution in [2.75, 3.05) is 12.3 Å². The van der Waals surface area contributed by atoms with Crippen LogP contribution in [0.25, 0.3) is 0 Å². The van der Waals surface area contributed by atoms with E-state index in [2.05, 4.69) is 16.8 Å². The fourth-order valence-electron chi connectivity index (χ4n) is 2.87. The van der Waals surface area contributed by atoms with E-state index in [4.69, 9.17) is 22.1 Å². The van der Waals surface area contributed by atoms with E-state index < -0.39 is 34.0 Å². The van der Waals surface area contributed by atoms with Gasteiger partial charge in [0, 0.05) is 5.92 Å². The molecule has 0 amide bonds. The number of nitrogens with two attached hydrogens (primary N) is 1. The van der Waals surface area contributed by atoms with Crippen molar-refractivity contribution >= 4 is 17.4 Å². The number of aromatic nitrogens is 2. The highest BCUT2D eigenvalue weighted by molar-refractivity contribution is 6.27. The van der Waals surface area contributed by atoms with Gasteiger partial charge in [0.1, 0.15) is 5.60 Å². The Balaban J connectivity index is 2.11. The van der Waals surface area contributed by atoms with Crippen LogP contribution < -0.4 is 11.4 Å². The Morgan fingerprint density at radius 2 is 2.48 bits per heavy atom. The molecule has 1 aliphatic heterocycles. The zero-order valence-electron chi connectivity index (χ0n) is 11.1. The van der Waals surface area contributed by atoms with Crippen LogP contribution >= 0.6 is 11.6 Å². The lowest BCUT2D eigenvalue weighted by Gasteiger charge is -2.27. The smallest absolute Gasteiger partial charge is 0.351 e. The number of anilines is 1. The first-order chi connectivity index (χ1) is 9.88. The summed E-state index contributed by atoms with van der Waals surface area (Å²) in [5.74, 6) is 3.95. The normalized spacial score (nSPS) is 36.8. The molecule has 4 atom stereocenters. The lowest BCUT2D eigenvalue weighted by Crippen LogP contribution is -2.39. The first-order valence-electron chi connectivity index (χ1n) is 6.33. The van der Waals surface area contributed by atoms with Gasteiger partial charge < -0.3 is 15.6 Å². The summed E-state index contributed by atoms with van der Waals surface area (Å²) in [6.07, 6.45) is 0.407. The summed E-state index contributed by atoms with van der Waals surface area (Å²) in [5, 5.41) is 9.47. The summed E-state index contributed by atoms with van der Waals surface area (Å²) in [5.41, 5.74) is 3.65. The molecule has 1 saturated heterocycles. The Morgan fingerprint density at radius 1 is 1.76 bits per heavy atom. The zero-order chi connectivity index (χ0) is 15.4. The summed E-state index contributed by atoms with van der Waals surface area (Å²) >= 11 is 6.54. The van der Waals surface area contributed by atoms with Gasteiger partial charge in [0.25, 0.3) is 0 Å². The second kappa shape index (κ2) is 4.44. The molecule has 0 bridgehead atoms. The highest BCUT2D eigenvalue weighted by atomic mass is 35.5. The summed E-state index contributed by atoms with van der Waals surface area (Å²) in [7, 11) is 0. The van der Waals surface area contributed by atoms with Crippen LogP contribution in [0.15, 0.2) is 11.0 Å². The van der Waals surface area contributed by atoms with Crippen molar-refractivity contribution < 1.29 is 14.2 Å². The molecular formula is C13H13ClFN3O3. The van der Waals surface area contributed by atoms with Crippen LogP contribution in [0.3, 0.4) is 0 Å². The van der Waals surface area contributed by atoms with Gasteiger partial charge in [-0.1, -0.05) is 17.5 Å². The fourth-order valence-corrected chi connectivity index (χ4v) is 3.39. The number of hydrogen-bond donors (Lipinski definition) is 2. The molecule has 2 heterocycles. The van der Waals surface area contributed by atoms with Crippen LogP contribution in [-0.4, -0.2) is 31.7 Å². The predicted octanol–water partition coefficient (Wildman–Crippen LogP) is 0.245. The first-order valence-corrected chi connectivity index (χ1v) is 6.71. The molecule has 1 aliphatic carbocycles. The average molecular weight is 314 g/mol. The van der Waals surface area contributed by atoms with Crippen LogP contribution in [0, 0.1) is 23.6 Å². The average Bonchev–Trinajstić information content (AvgIpc) is 3.11. The van der Waals surface area contributed by atoms with E-state index in [1.807, 2.05) is 0 Å².